The first-order valence-corrected chi connectivity index (χ1v) is 4.71. The van der Waals surface area contributed by atoms with Crippen molar-refractivity contribution in [1.82, 2.24) is 10.9 Å². The molecule has 4 heteroatoms. The van der Waals surface area contributed by atoms with E-state index in [2.05, 4.69) is 10.9 Å². The highest BCUT2D eigenvalue weighted by Crippen LogP contribution is 2.07. The third-order valence-electron chi connectivity index (χ3n) is 1.84. The molecule has 0 fully saturated rings. The summed E-state index contributed by atoms with van der Waals surface area (Å²) in [4.78, 5) is 0. The normalized spacial score (nSPS) is 10.7. The van der Waals surface area contributed by atoms with Crippen molar-refractivity contribution in [2.75, 3.05) is 6.54 Å². The Bertz CT molecular complexity index is 351. The van der Waals surface area contributed by atoms with Crippen LogP contribution in [0.5, 0.6) is 0 Å². The van der Waals surface area contributed by atoms with Gasteiger partial charge in [-0.3, -0.25) is 0 Å². The molecule has 1 rings (SSSR count). The van der Waals surface area contributed by atoms with E-state index in [-0.39, 0.29) is 0 Å². The summed E-state index contributed by atoms with van der Waals surface area (Å²) in [5, 5.41) is 8.35. The largest absolute Gasteiger partial charge is 0.403 e. The summed E-state index contributed by atoms with van der Waals surface area (Å²) in [6, 6.07) is 11.8. The number of hydrogen-bond acceptors (Lipinski definition) is 4. The second-order valence-electron chi connectivity index (χ2n) is 2.91. The van der Waals surface area contributed by atoms with Crippen LogP contribution in [-0.4, -0.2) is 6.54 Å². The fourth-order valence-electron chi connectivity index (χ4n) is 1.10. The SMILES string of the molecule is N#CCCNN/C(=C/N)c1ccccc1. The number of hydrazine groups is 1. The van der Waals surface area contributed by atoms with Crippen LogP contribution in [0.15, 0.2) is 36.5 Å². The van der Waals surface area contributed by atoms with Crippen molar-refractivity contribution in [2.24, 2.45) is 5.73 Å². The summed E-state index contributed by atoms with van der Waals surface area (Å²) in [5.74, 6) is 0. The van der Waals surface area contributed by atoms with Crippen LogP contribution in [0, 0.1) is 11.3 Å². The molecule has 15 heavy (non-hydrogen) atoms. The van der Waals surface area contributed by atoms with Crippen LogP contribution in [0.4, 0.5) is 0 Å². The van der Waals surface area contributed by atoms with Crippen LogP contribution in [0.3, 0.4) is 0 Å². The van der Waals surface area contributed by atoms with Crippen molar-refractivity contribution in [3.63, 3.8) is 0 Å². The molecule has 0 atom stereocenters. The Morgan fingerprint density at radius 2 is 2.13 bits per heavy atom. The fourth-order valence-corrected chi connectivity index (χ4v) is 1.10. The van der Waals surface area contributed by atoms with Crippen molar-refractivity contribution in [2.45, 2.75) is 6.42 Å². The van der Waals surface area contributed by atoms with Crippen LogP contribution in [0.2, 0.25) is 0 Å². The minimum absolute atomic E-state index is 0.458. The first kappa shape index (κ1) is 11.1. The van der Waals surface area contributed by atoms with Gasteiger partial charge in [-0.2, -0.15) is 5.26 Å². The van der Waals surface area contributed by atoms with Gasteiger partial charge in [-0.1, -0.05) is 30.3 Å². The van der Waals surface area contributed by atoms with Gasteiger partial charge in [0.25, 0.3) is 0 Å². The van der Waals surface area contributed by atoms with Gasteiger partial charge >= 0.3 is 0 Å². The number of rotatable bonds is 5. The third kappa shape index (κ3) is 3.71. The van der Waals surface area contributed by atoms with Gasteiger partial charge in [-0.25, -0.2) is 5.43 Å². The van der Waals surface area contributed by atoms with Crippen molar-refractivity contribution >= 4 is 5.70 Å². The molecule has 0 spiro atoms. The van der Waals surface area contributed by atoms with Gasteiger partial charge in [-0.15, -0.1) is 0 Å². The predicted octanol–water partition coefficient (Wildman–Crippen LogP) is 0.952. The maximum absolute atomic E-state index is 8.35. The summed E-state index contributed by atoms with van der Waals surface area (Å²) in [5.41, 5.74) is 13.2. The summed E-state index contributed by atoms with van der Waals surface area (Å²) in [6.07, 6.45) is 1.95. The lowest BCUT2D eigenvalue weighted by Gasteiger charge is -2.10. The Hall–Kier alpha value is -1.99. The summed E-state index contributed by atoms with van der Waals surface area (Å²) < 4.78 is 0. The molecule has 4 nitrogen and oxygen atoms in total. The molecule has 0 aliphatic heterocycles. The van der Waals surface area contributed by atoms with Gasteiger partial charge in [0.05, 0.1) is 11.8 Å². The van der Waals surface area contributed by atoms with Crippen LogP contribution >= 0.6 is 0 Å². The third-order valence-corrected chi connectivity index (χ3v) is 1.84. The Morgan fingerprint density at radius 3 is 2.73 bits per heavy atom. The van der Waals surface area contributed by atoms with Gasteiger partial charge in [0.2, 0.25) is 0 Å². The summed E-state index contributed by atoms with van der Waals surface area (Å²) in [6.45, 7) is 0.584. The topological polar surface area (TPSA) is 73.9 Å². The standard InChI is InChI=1S/C11H14N4/c12-7-4-8-14-15-11(9-13)10-5-2-1-3-6-10/h1-3,5-6,9,14-15H,4,8,13H2/b11-9+. The molecule has 0 unspecified atom stereocenters. The molecule has 0 aliphatic carbocycles. The molecule has 1 aromatic rings. The number of hydrogen-bond donors (Lipinski definition) is 3. The lowest BCUT2D eigenvalue weighted by molar-refractivity contribution is 0.646. The van der Waals surface area contributed by atoms with Crippen LogP contribution in [-0.2, 0) is 0 Å². The molecule has 0 heterocycles. The molecule has 0 radical (unpaired) electrons. The predicted molar refractivity (Wildman–Crippen MR) is 60.0 cm³/mol. The zero-order valence-corrected chi connectivity index (χ0v) is 8.40. The minimum Gasteiger partial charge on any atom is -0.403 e. The van der Waals surface area contributed by atoms with Gasteiger partial charge in [0, 0.05) is 24.7 Å². The molecular formula is C11H14N4. The van der Waals surface area contributed by atoms with E-state index in [1.807, 2.05) is 36.4 Å². The van der Waals surface area contributed by atoms with Gasteiger partial charge in [-0.05, 0) is 0 Å². The Morgan fingerprint density at radius 1 is 1.40 bits per heavy atom. The molecule has 0 aromatic heterocycles. The van der Waals surface area contributed by atoms with Crippen molar-refractivity contribution in [3.05, 3.63) is 42.1 Å². The average molecular weight is 202 g/mol. The van der Waals surface area contributed by atoms with Crippen LogP contribution in [0.1, 0.15) is 12.0 Å². The molecular weight excluding hydrogens is 188 g/mol. The van der Waals surface area contributed by atoms with E-state index in [0.717, 1.165) is 11.3 Å². The molecule has 0 amide bonds. The molecule has 0 aliphatic rings. The maximum Gasteiger partial charge on any atom is 0.0715 e. The van der Waals surface area contributed by atoms with E-state index < -0.39 is 0 Å². The van der Waals surface area contributed by atoms with E-state index in [1.165, 1.54) is 6.20 Å². The monoisotopic (exact) mass is 202 g/mol. The molecule has 78 valence electrons. The number of nitriles is 1. The van der Waals surface area contributed by atoms with Crippen molar-refractivity contribution < 1.29 is 0 Å². The molecule has 1 aromatic carbocycles. The number of nitrogens with two attached hydrogens (primary N) is 1. The first-order chi connectivity index (χ1) is 7.38. The van der Waals surface area contributed by atoms with Gasteiger partial charge < -0.3 is 11.2 Å². The Labute approximate surface area is 89.4 Å². The highest BCUT2D eigenvalue weighted by Gasteiger charge is 1.97. The smallest absolute Gasteiger partial charge is 0.0715 e. The first-order valence-electron chi connectivity index (χ1n) is 4.71. The lowest BCUT2D eigenvalue weighted by atomic mass is 10.2. The van der Waals surface area contributed by atoms with E-state index >= 15 is 0 Å². The Balaban J connectivity index is 2.49. The quantitative estimate of drug-likeness (QED) is 0.491. The molecule has 0 saturated heterocycles. The molecule has 4 N–H and O–H groups in total. The Kier molecular flexibility index (Phi) is 4.78. The number of benzene rings is 1. The fraction of sp³-hybridized carbons (Fsp3) is 0.182. The van der Waals surface area contributed by atoms with E-state index in [9.17, 15) is 0 Å². The van der Waals surface area contributed by atoms with E-state index in [0.29, 0.717) is 13.0 Å². The van der Waals surface area contributed by atoms with Crippen LogP contribution in [0.25, 0.3) is 5.70 Å². The number of nitrogens with zero attached hydrogens (tertiary/aromatic N) is 1. The highest BCUT2D eigenvalue weighted by molar-refractivity contribution is 5.62. The second kappa shape index (κ2) is 6.46. The zero-order chi connectivity index (χ0) is 10.9. The maximum atomic E-state index is 8.35. The van der Waals surface area contributed by atoms with E-state index in [4.69, 9.17) is 11.0 Å². The number of nitrogens with one attached hydrogen (secondary N) is 2. The zero-order valence-electron chi connectivity index (χ0n) is 8.40. The average Bonchev–Trinajstić information content (AvgIpc) is 2.30. The molecule has 0 bridgehead atoms. The minimum atomic E-state index is 0.458. The summed E-state index contributed by atoms with van der Waals surface area (Å²) in [7, 11) is 0. The second-order valence-corrected chi connectivity index (χ2v) is 2.91. The summed E-state index contributed by atoms with van der Waals surface area (Å²) >= 11 is 0. The van der Waals surface area contributed by atoms with Crippen molar-refractivity contribution in [1.29, 1.82) is 5.26 Å². The molecule has 0 saturated carbocycles. The van der Waals surface area contributed by atoms with E-state index in [1.54, 1.807) is 0 Å². The van der Waals surface area contributed by atoms with Crippen LogP contribution < -0.4 is 16.6 Å². The lowest BCUT2D eigenvalue weighted by Crippen LogP contribution is -2.31. The van der Waals surface area contributed by atoms with Gasteiger partial charge in [0.1, 0.15) is 0 Å². The highest BCUT2D eigenvalue weighted by atomic mass is 15.4. The van der Waals surface area contributed by atoms with Gasteiger partial charge in [0.15, 0.2) is 0 Å². The van der Waals surface area contributed by atoms with Crippen molar-refractivity contribution in [3.8, 4) is 6.07 Å².